The molecule has 12 nitrogen and oxygen atoms in total. The normalized spacial score (nSPS) is 29.5. The van der Waals surface area contributed by atoms with Crippen LogP contribution in [0.15, 0.2) is 18.6 Å². The fourth-order valence-corrected chi connectivity index (χ4v) is 7.71. The van der Waals surface area contributed by atoms with Crippen LogP contribution in [0, 0.1) is 5.92 Å². The first kappa shape index (κ1) is 27.1. The van der Waals surface area contributed by atoms with Gasteiger partial charge in [0.05, 0.1) is 6.04 Å². The fraction of sp³-hybridized carbons (Fsp3) is 0.760. The van der Waals surface area contributed by atoms with E-state index in [1.807, 2.05) is 11.0 Å². The van der Waals surface area contributed by atoms with E-state index < -0.39 is 20.7 Å². The van der Waals surface area contributed by atoms with E-state index in [2.05, 4.69) is 19.8 Å². The molecule has 1 aromatic rings. The van der Waals surface area contributed by atoms with E-state index in [1.165, 1.54) is 0 Å². The van der Waals surface area contributed by atoms with Gasteiger partial charge < -0.3 is 20.5 Å². The lowest BCUT2D eigenvalue weighted by Gasteiger charge is -2.45. The molecular formula is C25H38N6O6S. The smallest absolute Gasteiger partial charge is 0.410 e. The zero-order chi connectivity index (χ0) is 27.1. The average molecular weight is 551 g/mol. The first-order valence-electron chi connectivity index (χ1n) is 13.5. The summed E-state index contributed by atoms with van der Waals surface area (Å²) in [6.07, 6.45) is 9.62. The summed E-state index contributed by atoms with van der Waals surface area (Å²) in [5.41, 5.74) is 5.87. The number of ether oxygens (including phenoxy) is 1. The number of hydrogen-bond donors (Lipinski definition) is 2. The molecule has 3 aliphatic heterocycles. The number of anilines is 1. The van der Waals surface area contributed by atoms with Crippen LogP contribution in [0.25, 0.3) is 0 Å². The van der Waals surface area contributed by atoms with Crippen molar-refractivity contribution in [3.8, 4) is 0 Å². The molecule has 3 N–H and O–H groups in total. The second-order valence-electron chi connectivity index (χ2n) is 11.3. The number of amides is 1. The molecule has 210 valence electrons. The van der Waals surface area contributed by atoms with Gasteiger partial charge in [-0.2, -0.15) is 0 Å². The minimum absolute atomic E-state index is 0.0588. The predicted molar refractivity (Wildman–Crippen MR) is 139 cm³/mol. The molecule has 3 saturated heterocycles. The number of nitrogens with zero attached hydrogens (tertiary/aromatic N) is 5. The molecular weight excluding hydrogens is 512 g/mol. The van der Waals surface area contributed by atoms with Crippen molar-refractivity contribution in [1.82, 2.24) is 19.8 Å². The maximum absolute atomic E-state index is 13.1. The Bertz CT molecular complexity index is 1120. The van der Waals surface area contributed by atoms with E-state index >= 15 is 0 Å². The summed E-state index contributed by atoms with van der Waals surface area (Å²) in [7, 11) is -3.96. The number of aliphatic carboxylic acids is 1. The van der Waals surface area contributed by atoms with Crippen molar-refractivity contribution in [3.05, 3.63) is 18.6 Å². The Balaban J connectivity index is 1.19. The first-order valence-corrected chi connectivity index (χ1v) is 15.4. The largest absolute Gasteiger partial charge is 0.479 e. The van der Waals surface area contributed by atoms with Gasteiger partial charge in [-0.3, -0.25) is 9.80 Å². The molecule has 4 fully saturated rings. The summed E-state index contributed by atoms with van der Waals surface area (Å²) in [6, 6.07) is 2.22. The number of sulfone groups is 1. The molecule has 4 atom stereocenters. The quantitative estimate of drug-likeness (QED) is 0.500. The third kappa shape index (κ3) is 5.07. The lowest BCUT2D eigenvalue weighted by Crippen LogP contribution is -2.58. The van der Waals surface area contributed by atoms with Gasteiger partial charge in [-0.1, -0.05) is 0 Å². The van der Waals surface area contributed by atoms with E-state index in [-0.39, 0.29) is 42.7 Å². The van der Waals surface area contributed by atoms with Crippen LogP contribution in [0.5, 0.6) is 0 Å². The summed E-state index contributed by atoms with van der Waals surface area (Å²) in [6.45, 7) is 3.05. The molecule has 0 bridgehead atoms. The van der Waals surface area contributed by atoms with Crippen molar-refractivity contribution in [2.75, 3.05) is 37.3 Å². The van der Waals surface area contributed by atoms with Crippen molar-refractivity contribution >= 4 is 27.7 Å². The summed E-state index contributed by atoms with van der Waals surface area (Å²) < 4.78 is 30.2. The SMILES string of the molecule is CS(=O)(=O)C(N)(CC1CCN(C2CCCC3C2OC(=O)N3C2CCN(c3ccncn3)CC2)CC1)C(=O)O. The summed E-state index contributed by atoms with van der Waals surface area (Å²) in [4.78, 5) is 37.5. The number of aromatic nitrogens is 2. The topological polar surface area (TPSA) is 159 Å². The van der Waals surface area contributed by atoms with Gasteiger partial charge >= 0.3 is 12.1 Å². The minimum Gasteiger partial charge on any atom is -0.479 e. The van der Waals surface area contributed by atoms with E-state index in [0.717, 1.165) is 57.3 Å². The van der Waals surface area contributed by atoms with Crippen LogP contribution in [0.3, 0.4) is 0 Å². The molecule has 4 heterocycles. The second kappa shape index (κ2) is 10.6. The maximum atomic E-state index is 13.1. The number of carbonyl (C=O) groups excluding carboxylic acids is 1. The van der Waals surface area contributed by atoms with Gasteiger partial charge in [-0.15, -0.1) is 0 Å². The molecule has 1 aliphatic carbocycles. The Morgan fingerprint density at radius 3 is 2.42 bits per heavy atom. The number of carboxylic acids is 1. The van der Waals surface area contributed by atoms with Crippen LogP contribution in [-0.2, 0) is 19.4 Å². The lowest BCUT2D eigenvalue weighted by atomic mass is 9.83. The molecule has 1 amide bonds. The number of carboxylic acid groups (broad SMARTS) is 1. The van der Waals surface area contributed by atoms with Gasteiger partial charge in [-0.05, 0) is 76.4 Å². The van der Waals surface area contributed by atoms with Gasteiger partial charge in [-0.25, -0.2) is 28.0 Å². The van der Waals surface area contributed by atoms with Gasteiger partial charge in [0.15, 0.2) is 9.84 Å². The van der Waals surface area contributed by atoms with Gasteiger partial charge in [0.25, 0.3) is 0 Å². The van der Waals surface area contributed by atoms with Gasteiger partial charge in [0.2, 0.25) is 4.87 Å². The summed E-state index contributed by atoms with van der Waals surface area (Å²) in [5.74, 6) is -0.684. The number of carbonyl (C=O) groups is 2. The molecule has 5 rings (SSSR count). The van der Waals surface area contributed by atoms with Crippen LogP contribution >= 0.6 is 0 Å². The number of rotatable bonds is 7. The zero-order valence-corrected chi connectivity index (χ0v) is 22.6. The third-order valence-electron chi connectivity index (χ3n) is 9.05. The van der Waals surface area contributed by atoms with Crippen molar-refractivity contribution in [3.63, 3.8) is 0 Å². The van der Waals surface area contributed by atoms with Crippen LogP contribution in [0.2, 0.25) is 0 Å². The Labute approximate surface area is 223 Å². The monoisotopic (exact) mass is 550 g/mol. The minimum atomic E-state index is -3.96. The van der Waals surface area contributed by atoms with Crippen LogP contribution in [0.4, 0.5) is 10.6 Å². The number of likely N-dealkylation sites (tertiary alicyclic amines) is 1. The predicted octanol–water partition coefficient (Wildman–Crippen LogP) is 1.07. The highest BCUT2D eigenvalue weighted by atomic mass is 32.2. The van der Waals surface area contributed by atoms with E-state index in [0.29, 0.717) is 25.9 Å². The van der Waals surface area contributed by atoms with Gasteiger partial charge in [0.1, 0.15) is 18.2 Å². The Morgan fingerprint density at radius 2 is 1.82 bits per heavy atom. The molecule has 0 aromatic carbocycles. The number of fused-ring (bicyclic) bond motifs is 1. The van der Waals surface area contributed by atoms with E-state index in [9.17, 15) is 23.1 Å². The fourth-order valence-electron chi connectivity index (χ4n) is 6.86. The molecule has 1 saturated carbocycles. The third-order valence-corrected chi connectivity index (χ3v) is 10.7. The average Bonchev–Trinajstić information content (AvgIpc) is 3.25. The molecule has 38 heavy (non-hydrogen) atoms. The van der Waals surface area contributed by atoms with Crippen LogP contribution < -0.4 is 10.6 Å². The maximum Gasteiger partial charge on any atom is 0.410 e. The van der Waals surface area contributed by atoms with Crippen molar-refractivity contribution in [1.29, 1.82) is 0 Å². The van der Waals surface area contributed by atoms with E-state index in [1.54, 1.807) is 12.5 Å². The molecule has 4 unspecified atom stereocenters. The highest BCUT2D eigenvalue weighted by Crippen LogP contribution is 2.39. The first-order chi connectivity index (χ1) is 18.1. The van der Waals surface area contributed by atoms with Crippen molar-refractivity contribution in [2.45, 2.75) is 80.5 Å². The molecule has 13 heteroatoms. The number of nitrogens with two attached hydrogens (primary N) is 1. The van der Waals surface area contributed by atoms with Crippen molar-refractivity contribution < 1.29 is 27.9 Å². The Morgan fingerprint density at radius 1 is 1.13 bits per heavy atom. The van der Waals surface area contributed by atoms with Crippen molar-refractivity contribution in [2.24, 2.45) is 11.7 Å². The standard InChI is InChI=1S/C25H38N6O6S/c1-38(35,36)25(26,23(32)33)15-17-6-11-29(12-7-17)19-3-2-4-20-22(19)37-24(34)31(20)18-8-13-30(14-9-18)21-5-10-27-16-28-21/h5,10,16-20,22H,2-4,6-9,11-15,26H2,1H3,(H,32,33). The molecule has 0 radical (unpaired) electrons. The van der Waals surface area contributed by atoms with E-state index in [4.69, 9.17) is 10.5 Å². The molecule has 4 aliphatic rings. The molecule has 0 spiro atoms. The van der Waals surface area contributed by atoms with Gasteiger partial charge in [0, 0.05) is 37.6 Å². The summed E-state index contributed by atoms with van der Waals surface area (Å²) in [5, 5.41) is 9.51. The zero-order valence-electron chi connectivity index (χ0n) is 21.8. The van der Waals surface area contributed by atoms with Crippen LogP contribution in [-0.4, -0.2) is 107 Å². The second-order valence-corrected chi connectivity index (χ2v) is 13.5. The lowest BCUT2D eigenvalue weighted by molar-refractivity contribution is -0.140. The Hall–Kier alpha value is -2.51. The van der Waals surface area contributed by atoms with Crippen LogP contribution in [0.1, 0.15) is 51.4 Å². The highest BCUT2D eigenvalue weighted by molar-refractivity contribution is 7.92. The Kier molecular flexibility index (Phi) is 7.53. The number of hydrogen-bond acceptors (Lipinski definition) is 10. The highest BCUT2D eigenvalue weighted by Gasteiger charge is 2.52. The molecule has 1 aromatic heterocycles. The number of piperidine rings is 2. The summed E-state index contributed by atoms with van der Waals surface area (Å²) >= 11 is 0.